The Balaban J connectivity index is 1.19. The molecule has 3 aromatic rings. The number of anilines is 1. The van der Waals surface area contributed by atoms with Crippen LogP contribution in [0.2, 0.25) is 0 Å². The van der Waals surface area contributed by atoms with Gasteiger partial charge < -0.3 is 23.7 Å². The van der Waals surface area contributed by atoms with Crippen molar-refractivity contribution in [1.82, 2.24) is 4.98 Å². The topological polar surface area (TPSA) is 109 Å². The summed E-state index contributed by atoms with van der Waals surface area (Å²) in [6, 6.07) is 14.9. The molecule has 2 saturated carbocycles. The Bertz CT molecular complexity index is 1650. The van der Waals surface area contributed by atoms with Crippen LogP contribution in [-0.4, -0.2) is 76.4 Å². The highest BCUT2D eigenvalue weighted by Gasteiger charge is 2.28. The lowest BCUT2D eigenvalue weighted by Gasteiger charge is -2.29. The Morgan fingerprint density at radius 1 is 0.877 bits per heavy atom. The molecule has 1 heterocycles. The lowest BCUT2D eigenvalue weighted by molar-refractivity contribution is -0.150. The van der Waals surface area contributed by atoms with Crippen LogP contribution < -0.4 is 9.75 Å². The molecular formula is C46H65N3O7S. The van der Waals surface area contributed by atoms with E-state index in [-0.39, 0.29) is 17.9 Å². The molecule has 0 unspecified atom stereocenters. The van der Waals surface area contributed by atoms with Gasteiger partial charge in [0.15, 0.2) is 0 Å². The van der Waals surface area contributed by atoms with Crippen molar-refractivity contribution in [3.8, 4) is 5.75 Å². The van der Waals surface area contributed by atoms with E-state index in [2.05, 4.69) is 37.8 Å². The van der Waals surface area contributed by atoms with Gasteiger partial charge in [-0.1, -0.05) is 62.3 Å². The first-order valence-electron chi connectivity index (χ1n) is 21.4. The molecule has 0 aliphatic heterocycles. The van der Waals surface area contributed by atoms with Crippen molar-refractivity contribution in [2.75, 3.05) is 58.3 Å². The van der Waals surface area contributed by atoms with Gasteiger partial charge in [-0.25, -0.2) is 14.8 Å². The van der Waals surface area contributed by atoms with Gasteiger partial charge in [-0.3, -0.25) is 4.79 Å². The number of nitrogens with zero attached hydrogens (tertiary/aromatic N) is 3. The molecule has 2 aliphatic carbocycles. The summed E-state index contributed by atoms with van der Waals surface area (Å²) in [4.78, 5) is 28.9. The number of carbonyl (C=O) groups is 2. The predicted octanol–water partition coefficient (Wildman–Crippen LogP) is 10.3. The minimum Gasteiger partial charge on any atom is -0.493 e. The highest BCUT2D eigenvalue weighted by molar-refractivity contribution is 7.22. The molecule has 2 fully saturated rings. The molecule has 0 bridgehead atoms. The number of rotatable bonds is 25. The Morgan fingerprint density at radius 3 is 2.37 bits per heavy atom. The maximum Gasteiger partial charge on any atom is 0.330 e. The molecule has 5 rings (SSSR count). The van der Waals surface area contributed by atoms with E-state index in [0.29, 0.717) is 58.0 Å². The Kier molecular flexibility index (Phi) is 19.3. The number of hydrazone groups is 1. The molecular weight excluding hydrogens is 739 g/mol. The van der Waals surface area contributed by atoms with Crippen LogP contribution in [0.15, 0.2) is 60.2 Å². The third-order valence-corrected chi connectivity index (χ3v) is 12.4. The second-order valence-electron chi connectivity index (χ2n) is 15.6. The molecule has 0 amide bonds. The maximum absolute atomic E-state index is 12.8. The SMILES string of the molecule is C=CC(=O)OCCCCCCOC(=O)C1CCC(COc2ccc(C3CCC(CCCC)CC3)cc2/C=N/N(CCOCCOC)c2nc3ccccc3s2)CC1. The number of ether oxygens (including phenoxy) is 5. The van der Waals surface area contributed by atoms with Gasteiger partial charge in [-0.05, 0) is 125 Å². The third-order valence-electron chi connectivity index (χ3n) is 11.4. The first-order valence-corrected chi connectivity index (χ1v) is 22.2. The number of esters is 2. The van der Waals surface area contributed by atoms with E-state index in [9.17, 15) is 9.59 Å². The normalized spacial score (nSPS) is 19.8. The number of carbonyl (C=O) groups excluding carboxylic acids is 2. The molecule has 312 valence electrons. The number of para-hydroxylation sites is 1. The zero-order valence-electron chi connectivity index (χ0n) is 34.4. The first-order chi connectivity index (χ1) is 28.0. The van der Waals surface area contributed by atoms with Crippen LogP contribution >= 0.6 is 11.3 Å². The quantitative estimate of drug-likeness (QED) is 0.0272. The summed E-state index contributed by atoms with van der Waals surface area (Å²) in [7, 11) is 1.68. The number of methoxy groups -OCH3 is 1. The summed E-state index contributed by atoms with van der Waals surface area (Å²) in [5.41, 5.74) is 3.29. The summed E-state index contributed by atoms with van der Waals surface area (Å²) < 4.78 is 29.4. The highest BCUT2D eigenvalue weighted by Crippen LogP contribution is 2.39. The number of thiazole rings is 1. The van der Waals surface area contributed by atoms with Crippen LogP contribution in [0.1, 0.15) is 120 Å². The van der Waals surface area contributed by atoms with Gasteiger partial charge in [-0.2, -0.15) is 5.10 Å². The fraction of sp³-hybridized carbons (Fsp3) is 0.609. The van der Waals surface area contributed by atoms with Gasteiger partial charge in [0, 0.05) is 18.7 Å². The second-order valence-corrected chi connectivity index (χ2v) is 16.6. The number of unbranched alkanes of at least 4 members (excludes halogenated alkanes) is 4. The number of aromatic nitrogens is 1. The summed E-state index contributed by atoms with van der Waals surface area (Å²) in [6.07, 6.45) is 19.1. The summed E-state index contributed by atoms with van der Waals surface area (Å²) in [5.74, 6) is 2.08. The van der Waals surface area contributed by atoms with Crippen LogP contribution in [-0.2, 0) is 28.5 Å². The number of hydrogen-bond donors (Lipinski definition) is 0. The zero-order valence-corrected chi connectivity index (χ0v) is 35.2. The molecule has 1 aromatic heterocycles. The predicted molar refractivity (Wildman–Crippen MR) is 229 cm³/mol. The van der Waals surface area contributed by atoms with Gasteiger partial charge in [0.05, 0.1) is 68.5 Å². The zero-order chi connectivity index (χ0) is 40.1. The van der Waals surface area contributed by atoms with Crippen LogP contribution in [0.25, 0.3) is 10.2 Å². The molecule has 0 radical (unpaired) electrons. The van der Waals surface area contributed by atoms with E-state index >= 15 is 0 Å². The number of benzene rings is 2. The van der Waals surface area contributed by atoms with Crippen molar-refractivity contribution in [2.45, 2.75) is 109 Å². The third kappa shape index (κ3) is 14.8. The van der Waals surface area contributed by atoms with Gasteiger partial charge in [-0.15, -0.1) is 0 Å². The van der Waals surface area contributed by atoms with Gasteiger partial charge in [0.1, 0.15) is 5.75 Å². The second kappa shape index (κ2) is 24.9. The van der Waals surface area contributed by atoms with Crippen LogP contribution in [0.3, 0.4) is 0 Å². The van der Waals surface area contributed by atoms with Crippen LogP contribution in [0.5, 0.6) is 5.75 Å². The Hall–Kier alpha value is -3.80. The molecule has 0 atom stereocenters. The monoisotopic (exact) mass is 803 g/mol. The van der Waals surface area contributed by atoms with E-state index in [1.165, 1.54) is 56.6 Å². The van der Waals surface area contributed by atoms with E-state index < -0.39 is 0 Å². The van der Waals surface area contributed by atoms with Crippen molar-refractivity contribution >= 4 is 44.8 Å². The highest BCUT2D eigenvalue weighted by atomic mass is 32.1. The molecule has 0 N–H and O–H groups in total. The van der Waals surface area contributed by atoms with Crippen molar-refractivity contribution < 1.29 is 33.3 Å². The molecule has 0 saturated heterocycles. The van der Waals surface area contributed by atoms with Gasteiger partial charge >= 0.3 is 11.9 Å². The summed E-state index contributed by atoms with van der Waals surface area (Å²) >= 11 is 1.63. The maximum atomic E-state index is 12.8. The average Bonchev–Trinajstić information content (AvgIpc) is 3.68. The molecule has 2 aromatic carbocycles. The van der Waals surface area contributed by atoms with Crippen LogP contribution in [0.4, 0.5) is 5.13 Å². The van der Waals surface area contributed by atoms with Gasteiger partial charge in [0.2, 0.25) is 5.13 Å². The van der Waals surface area contributed by atoms with Gasteiger partial charge in [0.25, 0.3) is 0 Å². The van der Waals surface area contributed by atoms with E-state index in [1.54, 1.807) is 18.4 Å². The van der Waals surface area contributed by atoms with Crippen molar-refractivity contribution in [1.29, 1.82) is 0 Å². The molecule has 57 heavy (non-hydrogen) atoms. The lowest BCUT2D eigenvalue weighted by atomic mass is 9.77. The number of hydrogen-bond acceptors (Lipinski definition) is 11. The van der Waals surface area contributed by atoms with Crippen molar-refractivity contribution in [3.63, 3.8) is 0 Å². The fourth-order valence-corrected chi connectivity index (χ4v) is 8.83. The Labute approximate surface area is 344 Å². The molecule has 11 heteroatoms. The standard InChI is InChI=1S/C46H65N3O7S/c1-4-6-13-35-16-20-37(21-17-35)39-24-25-42(56-34-36-18-22-38(23-19-36)45(51)55-28-12-8-7-11-27-54-44(50)5-2)40(32-39)33-47-49(26-29-53-31-30-52-3)46-48-41-14-9-10-15-43(41)57-46/h5,9-10,14-15,24-25,32-33,35-38H,2,4,6-8,11-13,16-23,26-31,34H2,1,3H3/b47-33+. The van der Waals surface area contributed by atoms with Crippen LogP contribution in [0, 0.1) is 17.8 Å². The molecule has 2 aliphatic rings. The molecule has 10 nitrogen and oxygen atoms in total. The summed E-state index contributed by atoms with van der Waals surface area (Å²) in [5, 5.41) is 7.81. The minimum atomic E-state index is -0.389. The van der Waals surface area contributed by atoms with Crippen molar-refractivity contribution in [2.24, 2.45) is 22.9 Å². The minimum absolute atomic E-state index is 0.0504. The largest absolute Gasteiger partial charge is 0.493 e. The summed E-state index contributed by atoms with van der Waals surface area (Å²) in [6.45, 7) is 9.24. The average molecular weight is 804 g/mol. The molecule has 0 spiro atoms. The van der Waals surface area contributed by atoms with E-state index in [0.717, 1.165) is 83.9 Å². The smallest absolute Gasteiger partial charge is 0.330 e. The fourth-order valence-electron chi connectivity index (χ4n) is 7.88. The van der Waals surface area contributed by atoms with Crippen molar-refractivity contribution in [3.05, 3.63) is 66.2 Å². The van der Waals surface area contributed by atoms with E-state index in [4.69, 9.17) is 33.8 Å². The number of fused-ring (bicyclic) bond motifs is 1. The van der Waals surface area contributed by atoms with E-state index in [1.807, 2.05) is 29.4 Å². The first kappa shape index (κ1) is 44.3. The lowest BCUT2D eigenvalue weighted by Crippen LogP contribution is -2.26. The Morgan fingerprint density at radius 2 is 1.63 bits per heavy atom.